The summed E-state index contributed by atoms with van der Waals surface area (Å²) < 4.78 is 34.7. The van der Waals surface area contributed by atoms with Gasteiger partial charge in [-0.25, -0.2) is 8.42 Å². The Balaban J connectivity index is 1.92. The van der Waals surface area contributed by atoms with E-state index in [1.807, 2.05) is 31.2 Å². The average molecular weight is 392 g/mol. The number of carbonyl (C=O) groups is 1. The molecule has 0 spiro atoms. The monoisotopic (exact) mass is 392 g/mol. The molecule has 1 heterocycles. The molecule has 0 saturated heterocycles. The van der Waals surface area contributed by atoms with Crippen molar-refractivity contribution in [3.8, 4) is 5.75 Å². The van der Waals surface area contributed by atoms with Gasteiger partial charge >= 0.3 is 0 Å². The van der Waals surface area contributed by atoms with E-state index in [4.69, 9.17) is 9.15 Å². The zero-order valence-electron chi connectivity index (χ0n) is 15.8. The van der Waals surface area contributed by atoms with Gasteiger partial charge in [-0.1, -0.05) is 12.1 Å². The molecule has 1 aromatic heterocycles. The topological polar surface area (TPSA) is 88.9 Å². The van der Waals surface area contributed by atoms with E-state index < -0.39 is 10.0 Å². The van der Waals surface area contributed by atoms with Gasteiger partial charge in [-0.05, 0) is 42.8 Å². The maximum Gasteiger partial charge on any atom is 0.244 e. The van der Waals surface area contributed by atoms with Crippen LogP contribution in [0, 0.1) is 0 Å². The highest BCUT2D eigenvalue weighted by Crippen LogP contribution is 2.17. The number of benzene rings is 1. The molecule has 0 bridgehead atoms. The summed E-state index contributed by atoms with van der Waals surface area (Å²) in [4.78, 5) is 12.1. The highest BCUT2D eigenvalue weighted by molar-refractivity contribution is 7.88. The van der Waals surface area contributed by atoms with E-state index in [2.05, 4.69) is 5.32 Å². The van der Waals surface area contributed by atoms with Gasteiger partial charge in [-0.3, -0.25) is 4.79 Å². The number of furan rings is 1. The van der Waals surface area contributed by atoms with Crippen LogP contribution in [-0.2, 0) is 21.4 Å². The normalized spacial score (nSPS) is 13.1. The number of hydrogen-bond donors (Lipinski definition) is 1. The predicted octanol–water partition coefficient (Wildman–Crippen LogP) is 2.57. The fraction of sp³-hybridized carbons (Fsp3) is 0.316. The largest absolute Gasteiger partial charge is 0.497 e. The molecular weight excluding hydrogens is 368 g/mol. The summed E-state index contributed by atoms with van der Waals surface area (Å²) in [6.45, 7) is 2.02. The third-order valence-corrected chi connectivity index (χ3v) is 5.26. The van der Waals surface area contributed by atoms with Crippen molar-refractivity contribution in [2.45, 2.75) is 19.5 Å². The lowest BCUT2D eigenvalue weighted by Crippen LogP contribution is -2.24. The Kier molecular flexibility index (Phi) is 6.81. The second-order valence-electron chi connectivity index (χ2n) is 6.16. The lowest BCUT2D eigenvalue weighted by Gasteiger charge is -2.13. The molecule has 0 aliphatic carbocycles. The van der Waals surface area contributed by atoms with Crippen LogP contribution in [0.25, 0.3) is 6.08 Å². The van der Waals surface area contributed by atoms with Crippen LogP contribution >= 0.6 is 0 Å². The van der Waals surface area contributed by atoms with Crippen molar-refractivity contribution in [3.63, 3.8) is 0 Å². The maximum absolute atomic E-state index is 12.1. The average Bonchev–Trinajstić information content (AvgIpc) is 3.06. The summed E-state index contributed by atoms with van der Waals surface area (Å²) in [5.74, 6) is 1.46. The minimum absolute atomic E-state index is 0.132. The number of amides is 1. The minimum Gasteiger partial charge on any atom is -0.497 e. The summed E-state index contributed by atoms with van der Waals surface area (Å²) >= 11 is 0. The van der Waals surface area contributed by atoms with Gasteiger partial charge in [0.05, 0.1) is 26.0 Å². The van der Waals surface area contributed by atoms with Crippen LogP contribution in [0.1, 0.15) is 30.0 Å². The molecular formula is C19H24N2O5S. The molecule has 7 nitrogen and oxygen atoms in total. The van der Waals surface area contributed by atoms with Crippen LogP contribution in [-0.4, -0.2) is 39.0 Å². The number of nitrogens with one attached hydrogen (secondary N) is 1. The summed E-state index contributed by atoms with van der Waals surface area (Å²) in [5, 5.41) is 2.87. The third kappa shape index (κ3) is 6.26. The number of nitrogens with zero attached hydrogens (tertiary/aromatic N) is 1. The molecule has 0 aliphatic rings. The van der Waals surface area contributed by atoms with Crippen molar-refractivity contribution in [3.05, 3.63) is 59.6 Å². The van der Waals surface area contributed by atoms with Gasteiger partial charge in [-0.15, -0.1) is 0 Å². The molecule has 0 radical (unpaired) electrons. The maximum atomic E-state index is 12.1. The number of carbonyl (C=O) groups excluding carboxylic acids is 1. The van der Waals surface area contributed by atoms with E-state index in [0.29, 0.717) is 11.5 Å². The molecule has 0 aliphatic heterocycles. The molecule has 1 atom stereocenters. The first-order chi connectivity index (χ1) is 12.7. The van der Waals surface area contributed by atoms with Crippen LogP contribution in [0.3, 0.4) is 0 Å². The Labute approximate surface area is 159 Å². The zero-order valence-corrected chi connectivity index (χ0v) is 16.6. The molecule has 27 heavy (non-hydrogen) atoms. The van der Waals surface area contributed by atoms with Crippen LogP contribution in [0.5, 0.6) is 5.75 Å². The molecule has 2 aromatic rings. The Bertz CT molecular complexity index is 900. The molecule has 146 valence electrons. The van der Waals surface area contributed by atoms with Gasteiger partial charge in [0.25, 0.3) is 0 Å². The van der Waals surface area contributed by atoms with E-state index in [1.165, 1.54) is 17.4 Å². The van der Waals surface area contributed by atoms with Gasteiger partial charge in [0.15, 0.2) is 0 Å². The third-order valence-electron chi connectivity index (χ3n) is 4.00. The minimum atomic E-state index is -3.28. The zero-order chi connectivity index (χ0) is 20.0. The van der Waals surface area contributed by atoms with Crippen molar-refractivity contribution in [1.82, 2.24) is 9.62 Å². The van der Waals surface area contributed by atoms with Crippen LogP contribution in [0.2, 0.25) is 0 Å². The van der Waals surface area contributed by atoms with Gasteiger partial charge in [0.1, 0.15) is 17.3 Å². The number of methoxy groups -OCH3 is 1. The smallest absolute Gasteiger partial charge is 0.244 e. The summed E-state index contributed by atoms with van der Waals surface area (Å²) in [6.07, 6.45) is 4.05. The molecule has 1 amide bonds. The lowest BCUT2D eigenvalue weighted by atomic mass is 10.1. The van der Waals surface area contributed by atoms with E-state index in [9.17, 15) is 13.2 Å². The number of sulfonamides is 1. The first-order valence-electron chi connectivity index (χ1n) is 8.31. The van der Waals surface area contributed by atoms with Crippen molar-refractivity contribution in [1.29, 1.82) is 0 Å². The van der Waals surface area contributed by atoms with Crippen LogP contribution in [0.15, 0.2) is 46.9 Å². The highest BCUT2D eigenvalue weighted by atomic mass is 32.2. The fourth-order valence-corrected chi connectivity index (χ4v) is 2.66. The van der Waals surface area contributed by atoms with Gasteiger partial charge in [0, 0.05) is 13.1 Å². The first-order valence-corrected chi connectivity index (χ1v) is 10.2. The second-order valence-corrected chi connectivity index (χ2v) is 8.25. The lowest BCUT2D eigenvalue weighted by molar-refractivity contribution is -0.117. The van der Waals surface area contributed by atoms with Gasteiger partial charge < -0.3 is 14.5 Å². The molecule has 0 fully saturated rings. The van der Waals surface area contributed by atoms with E-state index in [0.717, 1.165) is 17.6 Å². The molecule has 0 saturated carbocycles. The predicted molar refractivity (Wildman–Crippen MR) is 104 cm³/mol. The van der Waals surface area contributed by atoms with Crippen LogP contribution in [0.4, 0.5) is 0 Å². The van der Waals surface area contributed by atoms with Crippen molar-refractivity contribution in [2.24, 2.45) is 0 Å². The van der Waals surface area contributed by atoms with Crippen LogP contribution < -0.4 is 10.1 Å². The molecule has 1 N–H and O–H groups in total. The number of rotatable bonds is 8. The Morgan fingerprint density at radius 1 is 1.26 bits per heavy atom. The Morgan fingerprint density at radius 3 is 2.52 bits per heavy atom. The summed E-state index contributed by atoms with van der Waals surface area (Å²) in [7, 11) is -0.203. The van der Waals surface area contributed by atoms with Crippen molar-refractivity contribution in [2.75, 3.05) is 20.4 Å². The molecule has 1 unspecified atom stereocenters. The molecule has 2 rings (SSSR count). The fourth-order valence-electron chi connectivity index (χ4n) is 2.30. The van der Waals surface area contributed by atoms with Crippen molar-refractivity contribution < 1.29 is 22.4 Å². The van der Waals surface area contributed by atoms with Gasteiger partial charge in [-0.2, -0.15) is 4.31 Å². The molecule has 8 heteroatoms. The highest BCUT2D eigenvalue weighted by Gasteiger charge is 2.13. The first kappa shape index (κ1) is 20.7. The molecule has 1 aromatic carbocycles. The Morgan fingerprint density at radius 2 is 1.93 bits per heavy atom. The standard InChI is InChI=1S/C19H24N2O5S/c1-14(15-5-7-16(25-3)8-6-15)20-19(22)12-11-17-9-10-18(26-17)13-21(2)27(4,23)24/h5-12,14H,13H2,1-4H3,(H,20,22)/b12-11+. The summed E-state index contributed by atoms with van der Waals surface area (Å²) in [5.41, 5.74) is 0.960. The van der Waals surface area contributed by atoms with Gasteiger partial charge in [0.2, 0.25) is 15.9 Å². The van der Waals surface area contributed by atoms with E-state index >= 15 is 0 Å². The van der Waals surface area contributed by atoms with E-state index in [-0.39, 0.29) is 18.5 Å². The Hall–Kier alpha value is -2.58. The van der Waals surface area contributed by atoms with E-state index in [1.54, 1.807) is 25.3 Å². The van der Waals surface area contributed by atoms with Crippen molar-refractivity contribution >= 4 is 22.0 Å². The number of hydrogen-bond acceptors (Lipinski definition) is 5. The SMILES string of the molecule is COc1ccc(C(C)NC(=O)/C=C/c2ccc(CN(C)S(C)(=O)=O)o2)cc1. The quantitative estimate of drug-likeness (QED) is 0.698. The summed E-state index contributed by atoms with van der Waals surface area (Å²) in [6, 6.07) is 10.7. The second kappa shape index (κ2) is 8.88. The number of ether oxygens (including phenoxy) is 1.